The van der Waals surface area contributed by atoms with E-state index in [-0.39, 0.29) is 10.8 Å². The Labute approximate surface area is 114 Å². The first-order valence-electron chi connectivity index (χ1n) is 6.42. The van der Waals surface area contributed by atoms with Gasteiger partial charge in [0.25, 0.3) is 0 Å². The largest absolute Gasteiger partial charge is 0.469 e. The van der Waals surface area contributed by atoms with Crippen molar-refractivity contribution in [3.63, 3.8) is 0 Å². The van der Waals surface area contributed by atoms with Gasteiger partial charge in [-0.05, 0) is 36.1 Å². The lowest BCUT2D eigenvalue weighted by atomic mass is 9.86. The average molecular weight is 262 g/mol. The van der Waals surface area contributed by atoms with Crippen LogP contribution < -0.4 is 0 Å². The maximum absolute atomic E-state index is 5.55. The maximum atomic E-state index is 5.55. The third-order valence-electron chi connectivity index (χ3n) is 3.21. The normalized spacial score (nSPS) is 12.9. The molecule has 98 valence electrons. The van der Waals surface area contributed by atoms with Crippen LogP contribution in [0.15, 0.2) is 34.9 Å². The molecule has 0 N–H and O–H groups in total. The summed E-state index contributed by atoms with van der Waals surface area (Å²) in [5.41, 5.74) is 0.307. The Morgan fingerprint density at radius 2 is 1.78 bits per heavy atom. The number of hydrogen-bond donors (Lipinski definition) is 0. The minimum absolute atomic E-state index is 0.0590. The Morgan fingerprint density at radius 1 is 1.06 bits per heavy atom. The highest BCUT2D eigenvalue weighted by atomic mass is 32.1. The SMILES string of the molecule is CC(C)(C)c1ccc(CC(C)(C)c2ccco2)s1. The predicted molar refractivity (Wildman–Crippen MR) is 78.5 cm³/mol. The van der Waals surface area contributed by atoms with Crippen molar-refractivity contribution in [3.8, 4) is 0 Å². The van der Waals surface area contributed by atoms with Gasteiger partial charge in [-0.2, -0.15) is 0 Å². The molecule has 2 aromatic heterocycles. The molecule has 0 spiro atoms. The van der Waals surface area contributed by atoms with Gasteiger partial charge in [-0.25, -0.2) is 0 Å². The van der Waals surface area contributed by atoms with E-state index in [1.54, 1.807) is 6.26 Å². The van der Waals surface area contributed by atoms with E-state index in [0.717, 1.165) is 12.2 Å². The van der Waals surface area contributed by atoms with Crippen LogP contribution in [0.4, 0.5) is 0 Å². The molecule has 1 nitrogen and oxygen atoms in total. The minimum atomic E-state index is 0.0590. The Kier molecular flexibility index (Phi) is 3.41. The number of rotatable bonds is 3. The fraction of sp³-hybridized carbons (Fsp3) is 0.500. The summed E-state index contributed by atoms with van der Waals surface area (Å²) in [6.07, 6.45) is 2.79. The highest BCUT2D eigenvalue weighted by Gasteiger charge is 2.25. The summed E-state index contributed by atoms with van der Waals surface area (Å²) in [5.74, 6) is 1.06. The third kappa shape index (κ3) is 2.86. The lowest BCUT2D eigenvalue weighted by Crippen LogP contribution is -2.18. The van der Waals surface area contributed by atoms with E-state index in [0.29, 0.717) is 0 Å². The van der Waals surface area contributed by atoms with Crippen LogP contribution in [-0.2, 0) is 17.3 Å². The van der Waals surface area contributed by atoms with Crippen molar-refractivity contribution in [3.05, 3.63) is 46.0 Å². The molecule has 18 heavy (non-hydrogen) atoms. The Balaban J connectivity index is 2.17. The van der Waals surface area contributed by atoms with Crippen LogP contribution in [-0.4, -0.2) is 0 Å². The molecule has 0 radical (unpaired) electrons. The molecule has 0 amide bonds. The summed E-state index contributed by atoms with van der Waals surface area (Å²) in [6.45, 7) is 11.3. The lowest BCUT2D eigenvalue weighted by Gasteiger charge is -2.21. The van der Waals surface area contributed by atoms with E-state index < -0.39 is 0 Å². The van der Waals surface area contributed by atoms with Gasteiger partial charge in [0.15, 0.2) is 0 Å². The van der Waals surface area contributed by atoms with Crippen molar-refractivity contribution in [2.75, 3.05) is 0 Å². The quantitative estimate of drug-likeness (QED) is 0.744. The van der Waals surface area contributed by atoms with Crippen LogP contribution in [0.2, 0.25) is 0 Å². The second-order valence-corrected chi connectivity index (χ2v) is 7.72. The van der Waals surface area contributed by atoms with Gasteiger partial charge in [0.05, 0.1) is 6.26 Å². The molecular formula is C16H22OS. The lowest BCUT2D eigenvalue weighted by molar-refractivity contribution is 0.384. The molecule has 0 saturated carbocycles. The molecule has 2 aromatic rings. The van der Waals surface area contributed by atoms with E-state index in [1.165, 1.54) is 9.75 Å². The first-order chi connectivity index (χ1) is 8.29. The van der Waals surface area contributed by atoms with Crippen molar-refractivity contribution in [2.45, 2.75) is 51.9 Å². The molecule has 0 atom stereocenters. The fourth-order valence-electron chi connectivity index (χ4n) is 2.06. The summed E-state index contributed by atoms with van der Waals surface area (Å²) < 4.78 is 5.55. The predicted octanol–water partition coefficient (Wildman–Crippen LogP) is 5.16. The molecule has 2 heterocycles. The number of hydrogen-bond acceptors (Lipinski definition) is 2. The zero-order valence-corrected chi connectivity index (χ0v) is 12.7. The molecule has 0 bridgehead atoms. The van der Waals surface area contributed by atoms with Crippen LogP contribution in [0.1, 0.15) is 50.1 Å². The third-order valence-corrected chi connectivity index (χ3v) is 4.72. The van der Waals surface area contributed by atoms with Gasteiger partial charge in [-0.3, -0.25) is 0 Å². The summed E-state index contributed by atoms with van der Waals surface area (Å²) >= 11 is 1.92. The second kappa shape index (κ2) is 4.58. The van der Waals surface area contributed by atoms with Gasteiger partial charge >= 0.3 is 0 Å². The van der Waals surface area contributed by atoms with Crippen molar-refractivity contribution in [1.82, 2.24) is 0 Å². The average Bonchev–Trinajstić information content (AvgIpc) is 2.83. The highest BCUT2D eigenvalue weighted by molar-refractivity contribution is 7.12. The zero-order valence-electron chi connectivity index (χ0n) is 11.9. The minimum Gasteiger partial charge on any atom is -0.469 e. The van der Waals surface area contributed by atoms with Gasteiger partial charge in [-0.15, -0.1) is 11.3 Å². The van der Waals surface area contributed by atoms with E-state index in [2.05, 4.69) is 52.8 Å². The molecule has 0 fully saturated rings. The molecule has 0 aliphatic rings. The van der Waals surface area contributed by atoms with E-state index >= 15 is 0 Å². The monoisotopic (exact) mass is 262 g/mol. The van der Waals surface area contributed by atoms with Gasteiger partial charge < -0.3 is 4.42 Å². The summed E-state index contributed by atoms with van der Waals surface area (Å²) in [4.78, 5) is 2.88. The van der Waals surface area contributed by atoms with Crippen molar-refractivity contribution in [2.24, 2.45) is 0 Å². The molecule has 0 saturated heterocycles. The van der Waals surface area contributed by atoms with Gasteiger partial charge in [0.2, 0.25) is 0 Å². The first-order valence-corrected chi connectivity index (χ1v) is 7.24. The van der Waals surface area contributed by atoms with Crippen LogP contribution in [0.5, 0.6) is 0 Å². The Hall–Kier alpha value is -1.02. The second-order valence-electron chi connectivity index (χ2n) is 6.55. The topological polar surface area (TPSA) is 13.1 Å². The smallest absolute Gasteiger partial charge is 0.109 e. The van der Waals surface area contributed by atoms with Gasteiger partial charge in [0, 0.05) is 15.2 Å². The van der Waals surface area contributed by atoms with Crippen LogP contribution in [0, 0.1) is 0 Å². The van der Waals surface area contributed by atoms with Crippen LogP contribution in [0.25, 0.3) is 0 Å². The number of thiophene rings is 1. The standard InChI is InChI=1S/C16H22OS/c1-15(2,3)14-9-8-12(18-14)11-16(4,5)13-7-6-10-17-13/h6-10H,11H2,1-5H3. The van der Waals surface area contributed by atoms with E-state index in [9.17, 15) is 0 Å². The molecule has 2 rings (SSSR count). The van der Waals surface area contributed by atoms with Gasteiger partial charge in [0.1, 0.15) is 5.76 Å². The van der Waals surface area contributed by atoms with Crippen molar-refractivity contribution < 1.29 is 4.42 Å². The fourth-order valence-corrected chi connectivity index (χ4v) is 3.36. The van der Waals surface area contributed by atoms with E-state index in [1.807, 2.05) is 17.4 Å². The van der Waals surface area contributed by atoms with E-state index in [4.69, 9.17) is 4.42 Å². The maximum Gasteiger partial charge on any atom is 0.109 e. The van der Waals surface area contributed by atoms with Crippen molar-refractivity contribution >= 4 is 11.3 Å². The molecule has 0 aliphatic carbocycles. The Morgan fingerprint density at radius 3 is 2.28 bits per heavy atom. The summed E-state index contributed by atoms with van der Waals surface area (Å²) in [5, 5.41) is 0. The molecule has 2 heteroatoms. The highest BCUT2D eigenvalue weighted by Crippen LogP contribution is 2.34. The first kappa shape index (κ1) is 13.4. The van der Waals surface area contributed by atoms with Crippen LogP contribution >= 0.6 is 11.3 Å². The molecule has 0 unspecified atom stereocenters. The Bertz CT molecular complexity index is 497. The summed E-state index contributed by atoms with van der Waals surface area (Å²) in [7, 11) is 0. The molecule has 0 aromatic carbocycles. The summed E-state index contributed by atoms with van der Waals surface area (Å²) in [6, 6.07) is 8.55. The molecule has 0 aliphatic heterocycles. The van der Waals surface area contributed by atoms with Crippen molar-refractivity contribution in [1.29, 1.82) is 0 Å². The number of furan rings is 1. The molecular weight excluding hydrogens is 240 g/mol. The van der Waals surface area contributed by atoms with Crippen LogP contribution in [0.3, 0.4) is 0 Å². The van der Waals surface area contributed by atoms with Gasteiger partial charge in [-0.1, -0.05) is 34.6 Å². The zero-order chi connectivity index (χ0) is 13.4.